The van der Waals surface area contributed by atoms with Crippen molar-refractivity contribution in [2.75, 3.05) is 13.2 Å². The zero-order valence-corrected chi connectivity index (χ0v) is 13.0. The Kier molecular flexibility index (Phi) is 4.81. The highest BCUT2D eigenvalue weighted by atomic mass is 16.5. The van der Waals surface area contributed by atoms with Gasteiger partial charge in [0.25, 0.3) is 0 Å². The van der Waals surface area contributed by atoms with E-state index in [0.717, 1.165) is 51.0 Å². The van der Waals surface area contributed by atoms with Crippen LogP contribution in [-0.4, -0.2) is 24.4 Å². The lowest BCUT2D eigenvalue weighted by Gasteiger charge is -2.28. The van der Waals surface area contributed by atoms with Crippen molar-refractivity contribution in [3.8, 4) is 5.75 Å². The van der Waals surface area contributed by atoms with Crippen molar-refractivity contribution in [3.63, 3.8) is 0 Å². The Morgan fingerprint density at radius 1 is 1.24 bits per heavy atom. The maximum Gasteiger partial charge on any atom is 0.124 e. The minimum absolute atomic E-state index is 0.0852. The second-order valence-electron chi connectivity index (χ2n) is 6.68. The number of rotatable bonds is 3. The summed E-state index contributed by atoms with van der Waals surface area (Å²) >= 11 is 0. The number of benzene rings is 1. The van der Waals surface area contributed by atoms with Crippen LogP contribution < -0.4 is 10.1 Å². The Labute approximate surface area is 127 Å². The number of aliphatic hydroxyl groups excluding tert-OH is 1. The topological polar surface area (TPSA) is 41.5 Å². The molecule has 3 rings (SSSR count). The number of aliphatic hydroxyl groups is 1. The molecule has 1 heterocycles. The fourth-order valence-corrected chi connectivity index (χ4v) is 3.65. The molecule has 2 aliphatic rings. The van der Waals surface area contributed by atoms with Crippen molar-refractivity contribution in [1.29, 1.82) is 0 Å². The molecule has 1 aromatic carbocycles. The predicted molar refractivity (Wildman–Crippen MR) is 84.6 cm³/mol. The molecule has 21 heavy (non-hydrogen) atoms. The molecule has 1 fully saturated rings. The summed E-state index contributed by atoms with van der Waals surface area (Å²) in [6.45, 7) is 3.94. The normalized spacial score (nSPS) is 29.3. The Morgan fingerprint density at radius 2 is 2.14 bits per heavy atom. The van der Waals surface area contributed by atoms with Gasteiger partial charge in [-0.3, -0.25) is 0 Å². The maximum absolute atomic E-state index is 9.80. The van der Waals surface area contributed by atoms with Crippen molar-refractivity contribution in [2.45, 2.75) is 57.6 Å². The van der Waals surface area contributed by atoms with E-state index in [1.807, 2.05) is 0 Å². The molecule has 3 unspecified atom stereocenters. The van der Waals surface area contributed by atoms with Crippen molar-refractivity contribution in [1.82, 2.24) is 5.32 Å². The first-order valence-electron chi connectivity index (χ1n) is 8.37. The van der Waals surface area contributed by atoms with E-state index in [-0.39, 0.29) is 6.10 Å². The molecular formula is C18H27NO2. The number of hydrogen-bond acceptors (Lipinski definition) is 3. The number of hydrogen-bond donors (Lipinski definition) is 2. The van der Waals surface area contributed by atoms with Crippen molar-refractivity contribution in [3.05, 3.63) is 29.3 Å². The Hall–Kier alpha value is -1.06. The van der Waals surface area contributed by atoms with Crippen LogP contribution in [0.5, 0.6) is 5.75 Å². The molecule has 0 spiro atoms. The molecule has 3 atom stereocenters. The molecule has 3 heteroatoms. The van der Waals surface area contributed by atoms with Crippen LogP contribution in [0.2, 0.25) is 0 Å². The molecule has 1 aliphatic heterocycles. The average Bonchev–Trinajstić information content (AvgIpc) is 2.67. The Morgan fingerprint density at radius 3 is 3.00 bits per heavy atom. The second-order valence-corrected chi connectivity index (χ2v) is 6.68. The predicted octanol–water partition coefficient (Wildman–Crippen LogP) is 3.35. The van der Waals surface area contributed by atoms with Crippen LogP contribution in [0.4, 0.5) is 0 Å². The molecule has 1 aromatic rings. The fraction of sp³-hybridized carbons (Fsp3) is 0.667. The Balaban J connectivity index is 1.65. The van der Waals surface area contributed by atoms with Crippen LogP contribution in [0.1, 0.15) is 55.7 Å². The van der Waals surface area contributed by atoms with E-state index >= 15 is 0 Å². The first-order valence-corrected chi connectivity index (χ1v) is 8.37. The summed E-state index contributed by atoms with van der Waals surface area (Å²) < 4.78 is 5.89. The van der Waals surface area contributed by atoms with E-state index in [0.29, 0.717) is 12.0 Å². The van der Waals surface area contributed by atoms with Gasteiger partial charge in [0, 0.05) is 11.6 Å². The summed E-state index contributed by atoms with van der Waals surface area (Å²) in [6.07, 6.45) is 6.49. The van der Waals surface area contributed by atoms with Gasteiger partial charge in [-0.25, -0.2) is 0 Å². The van der Waals surface area contributed by atoms with E-state index in [2.05, 4.69) is 30.4 Å². The van der Waals surface area contributed by atoms with E-state index in [4.69, 9.17) is 4.74 Å². The number of fused-ring (bicyclic) bond motifs is 1. The van der Waals surface area contributed by atoms with Gasteiger partial charge in [0.1, 0.15) is 5.75 Å². The van der Waals surface area contributed by atoms with E-state index in [1.165, 1.54) is 17.5 Å². The molecule has 3 nitrogen and oxygen atoms in total. The quantitative estimate of drug-likeness (QED) is 0.896. The van der Waals surface area contributed by atoms with Crippen molar-refractivity contribution in [2.24, 2.45) is 5.92 Å². The van der Waals surface area contributed by atoms with E-state index in [9.17, 15) is 5.11 Å². The molecule has 1 aliphatic carbocycles. The highest BCUT2D eigenvalue weighted by molar-refractivity contribution is 5.39. The maximum atomic E-state index is 9.80. The van der Waals surface area contributed by atoms with Gasteiger partial charge in [0.15, 0.2) is 0 Å². The van der Waals surface area contributed by atoms with Gasteiger partial charge in [0.05, 0.1) is 12.7 Å². The lowest BCUT2D eigenvalue weighted by Crippen LogP contribution is -2.31. The van der Waals surface area contributed by atoms with Crippen LogP contribution in [0.25, 0.3) is 0 Å². The van der Waals surface area contributed by atoms with Crippen molar-refractivity contribution >= 4 is 0 Å². The fourth-order valence-electron chi connectivity index (χ4n) is 3.65. The van der Waals surface area contributed by atoms with Gasteiger partial charge in [0.2, 0.25) is 0 Å². The second kappa shape index (κ2) is 6.80. The summed E-state index contributed by atoms with van der Waals surface area (Å²) in [7, 11) is 0. The molecule has 0 aromatic heterocycles. The van der Waals surface area contributed by atoms with Crippen LogP contribution in [-0.2, 0) is 0 Å². The van der Waals surface area contributed by atoms with Gasteiger partial charge in [-0.2, -0.15) is 0 Å². The number of aryl methyl sites for hydroxylation is 1. The van der Waals surface area contributed by atoms with Crippen LogP contribution >= 0.6 is 0 Å². The SMILES string of the molecule is Cc1ccc2c(c1)OCCCC2NCC1CCCC(O)C1. The number of nitrogens with one attached hydrogen (secondary N) is 1. The molecule has 116 valence electrons. The third kappa shape index (κ3) is 3.78. The summed E-state index contributed by atoms with van der Waals surface area (Å²) in [5.41, 5.74) is 2.55. The third-order valence-corrected chi connectivity index (χ3v) is 4.85. The first-order chi connectivity index (χ1) is 10.2. The lowest BCUT2D eigenvalue weighted by molar-refractivity contribution is 0.0995. The lowest BCUT2D eigenvalue weighted by atomic mass is 9.87. The van der Waals surface area contributed by atoms with E-state index in [1.54, 1.807) is 0 Å². The minimum atomic E-state index is -0.0852. The highest BCUT2D eigenvalue weighted by Gasteiger charge is 2.23. The summed E-state index contributed by atoms with van der Waals surface area (Å²) in [6, 6.07) is 6.93. The largest absolute Gasteiger partial charge is 0.493 e. The van der Waals surface area contributed by atoms with Gasteiger partial charge >= 0.3 is 0 Å². The minimum Gasteiger partial charge on any atom is -0.493 e. The molecule has 2 N–H and O–H groups in total. The zero-order chi connectivity index (χ0) is 14.7. The summed E-state index contributed by atoms with van der Waals surface area (Å²) in [5.74, 6) is 1.67. The van der Waals surface area contributed by atoms with E-state index < -0.39 is 0 Å². The monoisotopic (exact) mass is 289 g/mol. The standard InChI is InChI=1S/C18H27NO2/c1-13-7-8-16-17(6-3-9-21-18(16)10-13)19-12-14-4-2-5-15(20)11-14/h7-8,10,14-15,17,19-20H,2-6,9,11-12H2,1H3. The molecule has 0 radical (unpaired) electrons. The van der Waals surface area contributed by atoms with Crippen LogP contribution in [0.15, 0.2) is 18.2 Å². The molecule has 1 saturated carbocycles. The highest BCUT2D eigenvalue weighted by Crippen LogP contribution is 2.33. The Bertz CT molecular complexity index is 474. The molecule has 0 bridgehead atoms. The van der Waals surface area contributed by atoms with Crippen LogP contribution in [0.3, 0.4) is 0 Å². The van der Waals surface area contributed by atoms with Gasteiger partial charge < -0.3 is 15.2 Å². The molecule has 0 amide bonds. The summed E-state index contributed by atoms with van der Waals surface area (Å²) in [4.78, 5) is 0. The zero-order valence-electron chi connectivity index (χ0n) is 13.0. The first kappa shape index (κ1) is 14.9. The van der Waals surface area contributed by atoms with Gasteiger partial charge in [-0.15, -0.1) is 0 Å². The van der Waals surface area contributed by atoms with Gasteiger partial charge in [-0.05, 0) is 63.1 Å². The third-order valence-electron chi connectivity index (χ3n) is 4.85. The van der Waals surface area contributed by atoms with Crippen molar-refractivity contribution < 1.29 is 9.84 Å². The molecule has 0 saturated heterocycles. The smallest absolute Gasteiger partial charge is 0.124 e. The number of ether oxygens (including phenoxy) is 1. The molecular weight excluding hydrogens is 262 g/mol. The van der Waals surface area contributed by atoms with Crippen LogP contribution in [0, 0.1) is 12.8 Å². The van der Waals surface area contributed by atoms with Gasteiger partial charge in [-0.1, -0.05) is 18.6 Å². The summed E-state index contributed by atoms with van der Waals surface area (Å²) in [5, 5.41) is 13.5. The average molecular weight is 289 g/mol.